The van der Waals surface area contributed by atoms with Gasteiger partial charge in [-0.3, -0.25) is 0 Å². The second kappa shape index (κ2) is 8.14. The zero-order valence-corrected chi connectivity index (χ0v) is 17.3. The third kappa shape index (κ3) is 4.00. The Labute approximate surface area is 188 Å². The molecule has 0 aliphatic heterocycles. The van der Waals surface area contributed by atoms with Crippen LogP contribution in [0.15, 0.2) is 62.2 Å². The first-order chi connectivity index (χ1) is 16.3. The third-order valence-corrected chi connectivity index (χ3v) is 4.85. The average molecular weight is 470 g/mol. The van der Waals surface area contributed by atoms with Crippen molar-refractivity contribution in [3.63, 3.8) is 0 Å². The number of furan rings is 1. The van der Waals surface area contributed by atoms with Crippen LogP contribution in [0.4, 0.5) is 13.2 Å². The number of alkyl halides is 3. The lowest BCUT2D eigenvalue weighted by Crippen LogP contribution is -2.07. The standard InChI is InChI=1S/C22H13F3N4O5/c1-11-18-14(9-15(16-6-3-7-31-16)26-20(18)34-28-11)21(30)32-10-17-27-19(29-33-17)12-4-2-5-13(8-12)22(23,24)25/h2-9H,10H2,1H3. The summed E-state index contributed by atoms with van der Waals surface area (Å²) in [5, 5.41) is 7.89. The molecular weight excluding hydrogens is 457 g/mol. The van der Waals surface area contributed by atoms with E-state index in [2.05, 4.69) is 20.3 Å². The summed E-state index contributed by atoms with van der Waals surface area (Å²) in [7, 11) is 0. The Morgan fingerprint density at radius 3 is 2.68 bits per heavy atom. The number of benzene rings is 1. The van der Waals surface area contributed by atoms with Crippen molar-refractivity contribution in [1.29, 1.82) is 0 Å². The molecular formula is C22H13F3N4O5. The fourth-order valence-corrected chi connectivity index (χ4v) is 3.28. The summed E-state index contributed by atoms with van der Waals surface area (Å²) in [6.07, 6.45) is -3.05. The highest BCUT2D eigenvalue weighted by Crippen LogP contribution is 2.32. The molecule has 0 aliphatic carbocycles. The van der Waals surface area contributed by atoms with Crippen LogP contribution in [0.5, 0.6) is 0 Å². The number of carbonyl (C=O) groups excluding carboxylic acids is 1. The summed E-state index contributed by atoms with van der Waals surface area (Å²) < 4.78 is 59.7. The van der Waals surface area contributed by atoms with Gasteiger partial charge >= 0.3 is 12.1 Å². The van der Waals surface area contributed by atoms with Crippen molar-refractivity contribution in [2.45, 2.75) is 19.7 Å². The van der Waals surface area contributed by atoms with E-state index in [1.54, 1.807) is 19.1 Å². The predicted octanol–water partition coefficient (Wildman–Crippen LogP) is 5.22. The van der Waals surface area contributed by atoms with Crippen LogP contribution < -0.4 is 0 Å². The molecule has 172 valence electrons. The Bertz CT molecular complexity index is 1490. The van der Waals surface area contributed by atoms with Gasteiger partial charge in [0.2, 0.25) is 5.82 Å². The average Bonchev–Trinajstić information content (AvgIpc) is 3.58. The number of rotatable bonds is 5. The quantitative estimate of drug-likeness (QED) is 0.319. The van der Waals surface area contributed by atoms with Gasteiger partial charge in [-0.05, 0) is 37.3 Å². The molecule has 1 aromatic carbocycles. The molecule has 0 saturated heterocycles. The Morgan fingerprint density at radius 1 is 1.06 bits per heavy atom. The molecule has 0 aliphatic rings. The lowest BCUT2D eigenvalue weighted by molar-refractivity contribution is -0.137. The van der Waals surface area contributed by atoms with Crippen LogP contribution in [0.25, 0.3) is 33.9 Å². The number of hydrogen-bond donors (Lipinski definition) is 0. The van der Waals surface area contributed by atoms with E-state index in [0.717, 1.165) is 12.1 Å². The highest BCUT2D eigenvalue weighted by Gasteiger charge is 2.31. The molecule has 0 radical (unpaired) electrons. The van der Waals surface area contributed by atoms with Gasteiger partial charge in [0, 0.05) is 5.56 Å². The first-order valence-electron chi connectivity index (χ1n) is 9.78. The lowest BCUT2D eigenvalue weighted by atomic mass is 10.1. The predicted molar refractivity (Wildman–Crippen MR) is 108 cm³/mol. The van der Waals surface area contributed by atoms with Crippen molar-refractivity contribution in [2.24, 2.45) is 0 Å². The van der Waals surface area contributed by atoms with Crippen molar-refractivity contribution in [3.8, 4) is 22.8 Å². The van der Waals surface area contributed by atoms with Gasteiger partial charge < -0.3 is 18.2 Å². The molecule has 12 heteroatoms. The van der Waals surface area contributed by atoms with Crippen LogP contribution in [0.3, 0.4) is 0 Å². The molecule has 0 saturated carbocycles. The molecule has 0 unspecified atom stereocenters. The zero-order chi connectivity index (χ0) is 23.9. The lowest BCUT2D eigenvalue weighted by Gasteiger charge is -2.06. The number of pyridine rings is 1. The van der Waals surface area contributed by atoms with E-state index in [-0.39, 0.29) is 28.6 Å². The molecule has 0 bridgehead atoms. The second-order valence-corrected chi connectivity index (χ2v) is 7.15. The molecule has 4 heterocycles. The number of halogens is 3. The largest absolute Gasteiger partial charge is 0.463 e. The van der Waals surface area contributed by atoms with Crippen LogP contribution in [-0.2, 0) is 17.5 Å². The number of hydrogen-bond acceptors (Lipinski definition) is 9. The fourth-order valence-electron chi connectivity index (χ4n) is 3.28. The number of aromatic nitrogens is 4. The van der Waals surface area contributed by atoms with E-state index >= 15 is 0 Å². The van der Waals surface area contributed by atoms with Crippen LogP contribution in [0.1, 0.15) is 27.5 Å². The van der Waals surface area contributed by atoms with Gasteiger partial charge in [-0.1, -0.05) is 22.4 Å². The maximum atomic E-state index is 13.0. The number of nitrogens with zero attached hydrogens (tertiary/aromatic N) is 4. The molecule has 0 N–H and O–H groups in total. The van der Waals surface area contributed by atoms with E-state index in [1.807, 2.05) is 0 Å². The second-order valence-electron chi connectivity index (χ2n) is 7.15. The van der Waals surface area contributed by atoms with E-state index in [0.29, 0.717) is 22.5 Å². The van der Waals surface area contributed by atoms with Crippen LogP contribution in [0.2, 0.25) is 0 Å². The molecule has 0 amide bonds. The number of carbonyl (C=O) groups is 1. The van der Waals surface area contributed by atoms with Crippen molar-refractivity contribution in [1.82, 2.24) is 20.3 Å². The molecule has 0 atom stereocenters. The zero-order valence-electron chi connectivity index (χ0n) is 17.3. The molecule has 9 nitrogen and oxygen atoms in total. The van der Waals surface area contributed by atoms with Crippen molar-refractivity contribution in [3.05, 3.63) is 71.4 Å². The van der Waals surface area contributed by atoms with Crippen molar-refractivity contribution < 1.29 is 36.2 Å². The smallest absolute Gasteiger partial charge is 0.416 e. The SMILES string of the molecule is Cc1noc2nc(-c3ccco3)cc(C(=O)OCc3nc(-c4cccc(C(F)(F)F)c4)no3)c12. The van der Waals surface area contributed by atoms with Gasteiger partial charge in [-0.15, -0.1) is 0 Å². The van der Waals surface area contributed by atoms with Gasteiger partial charge in [0.05, 0.1) is 28.5 Å². The van der Waals surface area contributed by atoms with Gasteiger partial charge in [-0.25, -0.2) is 9.78 Å². The van der Waals surface area contributed by atoms with Crippen LogP contribution in [-0.4, -0.2) is 26.3 Å². The summed E-state index contributed by atoms with van der Waals surface area (Å²) in [6, 6.07) is 9.30. The first-order valence-corrected chi connectivity index (χ1v) is 9.78. The molecule has 0 fully saturated rings. The number of esters is 1. The highest BCUT2D eigenvalue weighted by molar-refractivity contribution is 6.04. The monoisotopic (exact) mass is 470 g/mol. The van der Waals surface area contributed by atoms with Crippen LogP contribution >= 0.6 is 0 Å². The van der Waals surface area contributed by atoms with Gasteiger partial charge in [0.15, 0.2) is 12.4 Å². The number of aryl methyl sites for hydroxylation is 1. The first kappa shape index (κ1) is 21.4. The minimum Gasteiger partial charge on any atom is -0.463 e. The molecule has 34 heavy (non-hydrogen) atoms. The Balaban J connectivity index is 1.38. The van der Waals surface area contributed by atoms with Gasteiger partial charge in [-0.2, -0.15) is 18.2 Å². The summed E-state index contributed by atoms with van der Waals surface area (Å²) in [6.45, 7) is 1.24. The summed E-state index contributed by atoms with van der Waals surface area (Å²) in [5.41, 5.74) is 0.294. The Morgan fingerprint density at radius 2 is 1.91 bits per heavy atom. The molecule has 5 rings (SSSR count). The molecule has 0 spiro atoms. The van der Waals surface area contributed by atoms with E-state index in [1.165, 1.54) is 24.5 Å². The summed E-state index contributed by atoms with van der Waals surface area (Å²) in [4.78, 5) is 21.2. The van der Waals surface area contributed by atoms with Gasteiger partial charge in [0.25, 0.3) is 11.6 Å². The minimum atomic E-state index is -4.51. The Kier molecular flexibility index (Phi) is 5.11. The summed E-state index contributed by atoms with van der Waals surface area (Å²) >= 11 is 0. The topological polar surface area (TPSA) is 117 Å². The molecule has 5 aromatic rings. The maximum absolute atomic E-state index is 13.0. The van der Waals surface area contributed by atoms with E-state index in [9.17, 15) is 18.0 Å². The highest BCUT2D eigenvalue weighted by atomic mass is 19.4. The summed E-state index contributed by atoms with van der Waals surface area (Å²) in [5.74, 6) is -0.504. The normalized spacial score (nSPS) is 11.8. The van der Waals surface area contributed by atoms with Crippen molar-refractivity contribution >= 4 is 17.1 Å². The Hall–Kier alpha value is -4.48. The fraction of sp³-hybridized carbons (Fsp3) is 0.136. The van der Waals surface area contributed by atoms with Gasteiger partial charge in [0.1, 0.15) is 5.69 Å². The van der Waals surface area contributed by atoms with Crippen LogP contribution in [0, 0.1) is 6.92 Å². The maximum Gasteiger partial charge on any atom is 0.416 e. The van der Waals surface area contributed by atoms with Crippen molar-refractivity contribution in [2.75, 3.05) is 0 Å². The number of ether oxygens (including phenoxy) is 1. The number of fused-ring (bicyclic) bond motifs is 1. The third-order valence-electron chi connectivity index (χ3n) is 4.85. The van der Waals surface area contributed by atoms with E-state index in [4.69, 9.17) is 18.2 Å². The minimum absolute atomic E-state index is 0.0709. The molecule has 4 aromatic heterocycles. The van der Waals surface area contributed by atoms with E-state index < -0.39 is 24.3 Å².